The van der Waals surface area contributed by atoms with Crippen LogP contribution in [0, 0.1) is 0 Å². The van der Waals surface area contributed by atoms with Crippen molar-refractivity contribution in [2.75, 3.05) is 12.3 Å². The van der Waals surface area contributed by atoms with E-state index in [0.717, 1.165) is 17.9 Å². The van der Waals surface area contributed by atoms with E-state index in [-0.39, 0.29) is 5.91 Å². The van der Waals surface area contributed by atoms with Crippen LogP contribution in [0.4, 0.5) is 0 Å². The number of carbonyl (C=O) groups excluding carboxylic acids is 1. The van der Waals surface area contributed by atoms with Crippen molar-refractivity contribution in [2.24, 2.45) is 0 Å². The third-order valence-electron chi connectivity index (χ3n) is 3.07. The van der Waals surface area contributed by atoms with Gasteiger partial charge in [0.1, 0.15) is 0 Å². The molecule has 3 nitrogen and oxygen atoms in total. The van der Waals surface area contributed by atoms with Gasteiger partial charge in [0.15, 0.2) is 0 Å². The monoisotopic (exact) mass is 220 g/mol. The van der Waals surface area contributed by atoms with Gasteiger partial charge in [0.05, 0.1) is 5.56 Å². The highest BCUT2D eigenvalue weighted by atomic mass is 32.2. The average molecular weight is 220 g/mol. The molecule has 2 aliphatic rings. The number of rotatable bonds is 1. The zero-order chi connectivity index (χ0) is 10.3. The molecule has 4 heteroatoms. The number of hydrogen-bond donors (Lipinski definition) is 0. The van der Waals surface area contributed by atoms with E-state index in [1.54, 1.807) is 12.4 Å². The summed E-state index contributed by atoms with van der Waals surface area (Å²) in [5.41, 5.74) is 0.718. The normalized spacial score (nSPS) is 28.4. The summed E-state index contributed by atoms with van der Waals surface area (Å²) in [7, 11) is 0. The largest absolute Gasteiger partial charge is 0.334 e. The van der Waals surface area contributed by atoms with Crippen LogP contribution in [0.3, 0.4) is 0 Å². The van der Waals surface area contributed by atoms with E-state index in [1.165, 1.54) is 6.42 Å². The molecule has 15 heavy (non-hydrogen) atoms. The molecule has 2 atom stereocenters. The molecule has 0 spiro atoms. The van der Waals surface area contributed by atoms with Crippen LogP contribution in [0.5, 0.6) is 0 Å². The number of likely N-dealkylation sites (tertiary alicyclic amines) is 1. The highest BCUT2D eigenvalue weighted by Crippen LogP contribution is 2.37. The minimum atomic E-state index is 0.149. The van der Waals surface area contributed by atoms with Crippen molar-refractivity contribution >= 4 is 17.7 Å². The zero-order valence-corrected chi connectivity index (χ0v) is 9.11. The summed E-state index contributed by atoms with van der Waals surface area (Å²) in [5.74, 6) is 1.26. The summed E-state index contributed by atoms with van der Waals surface area (Å²) in [5, 5.41) is 0.677. The lowest BCUT2D eigenvalue weighted by Gasteiger charge is -2.26. The van der Waals surface area contributed by atoms with Gasteiger partial charge < -0.3 is 4.90 Å². The number of amides is 1. The maximum absolute atomic E-state index is 12.1. The number of hydrogen-bond acceptors (Lipinski definition) is 3. The van der Waals surface area contributed by atoms with Gasteiger partial charge in [-0.25, -0.2) is 0 Å². The van der Waals surface area contributed by atoms with Gasteiger partial charge >= 0.3 is 0 Å². The van der Waals surface area contributed by atoms with Crippen LogP contribution in [0.25, 0.3) is 0 Å². The molecule has 78 valence electrons. The van der Waals surface area contributed by atoms with Gasteiger partial charge in [-0.3, -0.25) is 9.78 Å². The van der Waals surface area contributed by atoms with Crippen molar-refractivity contribution in [3.63, 3.8) is 0 Å². The van der Waals surface area contributed by atoms with Crippen molar-refractivity contribution in [2.45, 2.75) is 17.7 Å². The molecule has 2 bridgehead atoms. The highest BCUT2D eigenvalue weighted by molar-refractivity contribution is 8.00. The molecule has 2 fully saturated rings. The van der Waals surface area contributed by atoms with Gasteiger partial charge in [0.2, 0.25) is 0 Å². The second-order valence-corrected chi connectivity index (χ2v) is 5.38. The summed E-state index contributed by atoms with van der Waals surface area (Å²) < 4.78 is 0. The van der Waals surface area contributed by atoms with E-state index in [9.17, 15) is 4.79 Å². The number of pyridine rings is 1. The number of aromatic nitrogens is 1. The van der Waals surface area contributed by atoms with Gasteiger partial charge in [-0.2, -0.15) is 11.8 Å². The molecule has 2 aliphatic heterocycles. The third-order valence-corrected chi connectivity index (χ3v) is 4.46. The van der Waals surface area contributed by atoms with Gasteiger partial charge in [-0.15, -0.1) is 0 Å². The molecule has 0 saturated carbocycles. The Bertz CT molecular complexity index is 381. The Morgan fingerprint density at radius 2 is 2.53 bits per heavy atom. The first-order valence-electron chi connectivity index (χ1n) is 5.17. The van der Waals surface area contributed by atoms with E-state index in [2.05, 4.69) is 4.98 Å². The van der Waals surface area contributed by atoms with Crippen LogP contribution in [-0.2, 0) is 0 Å². The van der Waals surface area contributed by atoms with Gasteiger partial charge in [0, 0.05) is 36.0 Å². The Kier molecular flexibility index (Phi) is 2.16. The Morgan fingerprint density at radius 3 is 3.13 bits per heavy atom. The summed E-state index contributed by atoms with van der Waals surface area (Å²) >= 11 is 2.00. The molecule has 0 radical (unpaired) electrons. The predicted molar refractivity (Wildman–Crippen MR) is 59.9 cm³/mol. The van der Waals surface area contributed by atoms with E-state index < -0.39 is 0 Å². The second kappa shape index (κ2) is 3.52. The van der Waals surface area contributed by atoms with Crippen LogP contribution < -0.4 is 0 Å². The van der Waals surface area contributed by atoms with Crippen molar-refractivity contribution in [3.8, 4) is 0 Å². The lowest BCUT2D eigenvalue weighted by Crippen LogP contribution is -2.39. The number of nitrogens with zero attached hydrogens (tertiary/aromatic N) is 2. The van der Waals surface area contributed by atoms with Crippen molar-refractivity contribution < 1.29 is 4.79 Å². The fourth-order valence-electron chi connectivity index (χ4n) is 2.30. The highest BCUT2D eigenvalue weighted by Gasteiger charge is 2.41. The standard InChI is InChI=1S/C11H12N2OS/c14-11(8-2-1-3-12-5-8)13-6-10-4-9(13)7-15-10/h1-3,5,9-10H,4,6-7H2. The summed E-state index contributed by atoms with van der Waals surface area (Å²) in [6.45, 7) is 0.920. The smallest absolute Gasteiger partial charge is 0.255 e. The Morgan fingerprint density at radius 1 is 1.60 bits per heavy atom. The quantitative estimate of drug-likeness (QED) is 0.717. The zero-order valence-electron chi connectivity index (χ0n) is 8.30. The van der Waals surface area contributed by atoms with E-state index >= 15 is 0 Å². The van der Waals surface area contributed by atoms with E-state index in [4.69, 9.17) is 0 Å². The van der Waals surface area contributed by atoms with Crippen LogP contribution in [0.2, 0.25) is 0 Å². The first kappa shape index (κ1) is 9.21. The maximum atomic E-state index is 12.1. The molecule has 1 amide bonds. The molecule has 1 aromatic heterocycles. The minimum absolute atomic E-state index is 0.149. The SMILES string of the molecule is O=C(c1cccnc1)N1CC2CC1CS2. The van der Waals surface area contributed by atoms with Crippen LogP contribution >= 0.6 is 11.8 Å². The number of carbonyl (C=O) groups is 1. The van der Waals surface area contributed by atoms with Gasteiger partial charge in [-0.1, -0.05) is 0 Å². The topological polar surface area (TPSA) is 33.2 Å². The second-order valence-electron chi connectivity index (χ2n) is 4.04. The number of fused-ring (bicyclic) bond motifs is 2. The summed E-state index contributed by atoms with van der Waals surface area (Å²) in [6.07, 6.45) is 4.53. The molecule has 0 N–H and O–H groups in total. The molecule has 0 aliphatic carbocycles. The van der Waals surface area contributed by atoms with Crippen LogP contribution in [-0.4, -0.2) is 39.4 Å². The molecule has 0 aromatic carbocycles. The molecule has 3 rings (SSSR count). The van der Waals surface area contributed by atoms with Crippen LogP contribution in [0.1, 0.15) is 16.8 Å². The molecule has 2 unspecified atom stereocenters. The molecular weight excluding hydrogens is 208 g/mol. The molecule has 3 heterocycles. The van der Waals surface area contributed by atoms with Crippen LogP contribution in [0.15, 0.2) is 24.5 Å². The van der Waals surface area contributed by atoms with Gasteiger partial charge in [0.25, 0.3) is 5.91 Å². The number of thioether (sulfide) groups is 1. The average Bonchev–Trinajstić information content (AvgIpc) is 2.91. The van der Waals surface area contributed by atoms with Crippen molar-refractivity contribution in [1.29, 1.82) is 0 Å². The van der Waals surface area contributed by atoms with E-state index in [0.29, 0.717) is 11.3 Å². The minimum Gasteiger partial charge on any atom is -0.334 e. The van der Waals surface area contributed by atoms with Crippen molar-refractivity contribution in [3.05, 3.63) is 30.1 Å². The fraction of sp³-hybridized carbons (Fsp3) is 0.455. The Balaban J connectivity index is 1.81. The first-order chi connectivity index (χ1) is 7.34. The Labute approximate surface area is 92.9 Å². The Hall–Kier alpha value is -1.03. The summed E-state index contributed by atoms with van der Waals surface area (Å²) in [4.78, 5) is 18.1. The van der Waals surface area contributed by atoms with Crippen molar-refractivity contribution in [1.82, 2.24) is 9.88 Å². The predicted octanol–water partition coefficient (Wildman–Crippen LogP) is 1.41. The molecule has 1 aromatic rings. The molecular formula is C11H12N2OS. The first-order valence-corrected chi connectivity index (χ1v) is 6.22. The van der Waals surface area contributed by atoms with Gasteiger partial charge in [-0.05, 0) is 18.6 Å². The lowest BCUT2D eigenvalue weighted by molar-refractivity contribution is 0.0747. The maximum Gasteiger partial charge on any atom is 0.255 e. The third kappa shape index (κ3) is 1.53. The summed E-state index contributed by atoms with van der Waals surface area (Å²) in [6, 6.07) is 4.12. The fourth-order valence-corrected chi connectivity index (χ4v) is 3.74. The lowest BCUT2D eigenvalue weighted by atomic mass is 10.2. The molecule has 2 saturated heterocycles. The van der Waals surface area contributed by atoms with E-state index in [1.807, 2.05) is 28.8 Å².